The molecular weight excluding hydrogens is 232 g/mol. The molecule has 1 atom stereocenters. The Morgan fingerprint density at radius 2 is 2.33 bits per heavy atom. The van der Waals surface area contributed by atoms with Crippen LogP contribution in [0.5, 0.6) is 0 Å². The van der Waals surface area contributed by atoms with Crippen LogP contribution in [0.3, 0.4) is 0 Å². The maximum absolute atomic E-state index is 5.32. The zero-order valence-electron chi connectivity index (χ0n) is 10.5. The molecule has 1 saturated heterocycles. The van der Waals surface area contributed by atoms with E-state index in [1.165, 1.54) is 0 Å². The lowest BCUT2D eigenvalue weighted by Crippen LogP contribution is -2.01. The fraction of sp³-hybridized carbons (Fsp3) is 0.583. The van der Waals surface area contributed by atoms with Gasteiger partial charge in [-0.3, -0.25) is 4.68 Å². The van der Waals surface area contributed by atoms with E-state index in [4.69, 9.17) is 9.26 Å². The van der Waals surface area contributed by atoms with Crippen LogP contribution in [0.4, 0.5) is 0 Å². The van der Waals surface area contributed by atoms with Crippen molar-refractivity contribution in [1.82, 2.24) is 19.9 Å². The van der Waals surface area contributed by atoms with Gasteiger partial charge in [0.15, 0.2) is 11.5 Å². The van der Waals surface area contributed by atoms with Crippen LogP contribution in [0.15, 0.2) is 16.8 Å². The van der Waals surface area contributed by atoms with Crippen LogP contribution in [0.2, 0.25) is 0 Å². The van der Waals surface area contributed by atoms with Gasteiger partial charge in [0.2, 0.25) is 0 Å². The van der Waals surface area contributed by atoms with E-state index in [2.05, 4.69) is 29.1 Å². The van der Waals surface area contributed by atoms with Gasteiger partial charge in [0.25, 0.3) is 5.89 Å². The molecule has 1 aliphatic rings. The molecule has 2 aromatic heterocycles. The van der Waals surface area contributed by atoms with Gasteiger partial charge in [0.05, 0.1) is 6.61 Å². The minimum Gasteiger partial charge on any atom is -0.381 e. The number of hydrogen-bond donors (Lipinski definition) is 0. The van der Waals surface area contributed by atoms with E-state index < -0.39 is 0 Å². The molecule has 3 rings (SSSR count). The third-order valence-corrected chi connectivity index (χ3v) is 3.09. The lowest BCUT2D eigenvalue weighted by Gasteiger charge is -2.02. The molecule has 0 aliphatic carbocycles. The molecule has 6 nitrogen and oxygen atoms in total. The van der Waals surface area contributed by atoms with Crippen LogP contribution in [-0.4, -0.2) is 33.1 Å². The molecule has 1 aliphatic heterocycles. The minimum atomic E-state index is 0.259. The van der Waals surface area contributed by atoms with Gasteiger partial charge in [0.1, 0.15) is 0 Å². The summed E-state index contributed by atoms with van der Waals surface area (Å²) in [6.07, 6.45) is 2.88. The normalized spacial score (nSPS) is 19.8. The van der Waals surface area contributed by atoms with Gasteiger partial charge in [-0.1, -0.05) is 5.16 Å². The largest absolute Gasteiger partial charge is 0.381 e. The number of hydrogen-bond acceptors (Lipinski definition) is 5. The lowest BCUT2D eigenvalue weighted by atomic mass is 10.1. The summed E-state index contributed by atoms with van der Waals surface area (Å²) >= 11 is 0. The van der Waals surface area contributed by atoms with Crippen LogP contribution < -0.4 is 0 Å². The minimum absolute atomic E-state index is 0.259. The van der Waals surface area contributed by atoms with Crippen molar-refractivity contribution in [1.29, 1.82) is 0 Å². The Hall–Kier alpha value is -1.69. The Morgan fingerprint density at radius 3 is 3.00 bits per heavy atom. The van der Waals surface area contributed by atoms with Crippen LogP contribution in [0, 0.1) is 0 Å². The molecule has 0 saturated carbocycles. The van der Waals surface area contributed by atoms with Crippen molar-refractivity contribution >= 4 is 0 Å². The Morgan fingerprint density at radius 1 is 1.44 bits per heavy atom. The molecule has 3 heterocycles. The molecule has 0 aromatic carbocycles. The summed E-state index contributed by atoms with van der Waals surface area (Å²) in [4.78, 5) is 4.40. The molecule has 96 valence electrons. The average Bonchev–Trinajstić information content (AvgIpc) is 3.10. The monoisotopic (exact) mass is 248 g/mol. The molecular formula is C12H16N4O2. The maximum Gasteiger partial charge on any atom is 0.278 e. The zero-order chi connectivity index (χ0) is 12.5. The smallest absolute Gasteiger partial charge is 0.278 e. The first-order valence-corrected chi connectivity index (χ1v) is 6.21. The molecule has 0 unspecified atom stereocenters. The maximum atomic E-state index is 5.32. The van der Waals surface area contributed by atoms with Crippen molar-refractivity contribution in [3.8, 4) is 11.6 Å². The topological polar surface area (TPSA) is 66.0 Å². The summed E-state index contributed by atoms with van der Waals surface area (Å²) < 4.78 is 12.5. The Balaban J connectivity index is 1.83. The summed E-state index contributed by atoms with van der Waals surface area (Å²) in [5.74, 6) is 1.47. The molecule has 0 bridgehead atoms. The van der Waals surface area contributed by atoms with Crippen LogP contribution in [0.1, 0.15) is 38.1 Å². The zero-order valence-corrected chi connectivity index (χ0v) is 10.5. The van der Waals surface area contributed by atoms with Gasteiger partial charge in [-0.25, -0.2) is 0 Å². The number of rotatable bonds is 3. The fourth-order valence-corrected chi connectivity index (χ4v) is 1.98. The van der Waals surface area contributed by atoms with Crippen LogP contribution in [0.25, 0.3) is 11.6 Å². The summed E-state index contributed by atoms with van der Waals surface area (Å²) in [5.41, 5.74) is 0.723. The highest BCUT2D eigenvalue weighted by Crippen LogP contribution is 2.25. The van der Waals surface area contributed by atoms with Crippen molar-refractivity contribution in [3.05, 3.63) is 18.1 Å². The average molecular weight is 248 g/mol. The predicted molar refractivity (Wildman–Crippen MR) is 64.1 cm³/mol. The standard InChI is InChI=1S/C12H16N4O2/c1-8(2)16-5-3-10(14-16)12-13-11(15-18-12)9-4-6-17-7-9/h3,5,8-9H,4,6-7H2,1-2H3/t9-/m0/s1. The SMILES string of the molecule is CC(C)n1ccc(-c2nc([C@H]3CCOC3)no2)n1. The second-order valence-electron chi connectivity index (χ2n) is 4.79. The predicted octanol–water partition coefficient (Wildman–Crippen LogP) is 2.02. The first-order chi connectivity index (χ1) is 8.74. The third-order valence-electron chi connectivity index (χ3n) is 3.09. The van der Waals surface area contributed by atoms with Crippen molar-refractivity contribution in [2.24, 2.45) is 0 Å². The van der Waals surface area contributed by atoms with E-state index in [1.807, 2.05) is 16.9 Å². The summed E-state index contributed by atoms with van der Waals surface area (Å²) in [6.45, 7) is 5.60. The van der Waals surface area contributed by atoms with Crippen LogP contribution in [-0.2, 0) is 4.74 Å². The number of nitrogens with zero attached hydrogens (tertiary/aromatic N) is 4. The van der Waals surface area contributed by atoms with E-state index in [0.29, 0.717) is 18.5 Å². The van der Waals surface area contributed by atoms with E-state index in [0.717, 1.165) is 24.5 Å². The van der Waals surface area contributed by atoms with E-state index in [9.17, 15) is 0 Å². The van der Waals surface area contributed by atoms with E-state index >= 15 is 0 Å². The Kier molecular flexibility index (Phi) is 2.87. The highest BCUT2D eigenvalue weighted by Gasteiger charge is 2.24. The van der Waals surface area contributed by atoms with Crippen LogP contribution >= 0.6 is 0 Å². The van der Waals surface area contributed by atoms with Gasteiger partial charge < -0.3 is 9.26 Å². The number of aromatic nitrogens is 4. The molecule has 18 heavy (non-hydrogen) atoms. The summed E-state index contributed by atoms with van der Waals surface area (Å²) in [5, 5.41) is 8.42. The van der Waals surface area contributed by atoms with Crippen molar-refractivity contribution in [2.75, 3.05) is 13.2 Å². The highest BCUT2D eigenvalue weighted by molar-refractivity contribution is 5.45. The first-order valence-electron chi connectivity index (χ1n) is 6.21. The van der Waals surface area contributed by atoms with E-state index in [1.54, 1.807) is 0 Å². The lowest BCUT2D eigenvalue weighted by molar-refractivity contribution is 0.192. The van der Waals surface area contributed by atoms with Gasteiger partial charge in [0, 0.05) is 24.8 Å². The van der Waals surface area contributed by atoms with Crippen molar-refractivity contribution in [3.63, 3.8) is 0 Å². The van der Waals surface area contributed by atoms with Gasteiger partial charge in [-0.05, 0) is 26.3 Å². The Labute approximate surface area is 105 Å². The molecule has 2 aromatic rings. The van der Waals surface area contributed by atoms with Crippen molar-refractivity contribution in [2.45, 2.75) is 32.2 Å². The second-order valence-corrected chi connectivity index (χ2v) is 4.79. The molecule has 1 fully saturated rings. The summed E-state index contributed by atoms with van der Waals surface area (Å²) in [6, 6.07) is 2.21. The second kappa shape index (κ2) is 4.53. The molecule has 6 heteroatoms. The summed E-state index contributed by atoms with van der Waals surface area (Å²) in [7, 11) is 0. The molecule has 0 spiro atoms. The molecule has 0 radical (unpaired) electrons. The number of ether oxygens (including phenoxy) is 1. The molecule has 0 amide bonds. The first kappa shape index (κ1) is 11.4. The van der Waals surface area contributed by atoms with E-state index in [-0.39, 0.29) is 5.92 Å². The quantitative estimate of drug-likeness (QED) is 0.831. The van der Waals surface area contributed by atoms with Gasteiger partial charge in [-0.2, -0.15) is 10.1 Å². The fourth-order valence-electron chi connectivity index (χ4n) is 1.98. The third kappa shape index (κ3) is 2.03. The van der Waals surface area contributed by atoms with Gasteiger partial charge >= 0.3 is 0 Å². The molecule has 0 N–H and O–H groups in total. The highest BCUT2D eigenvalue weighted by atomic mass is 16.5. The van der Waals surface area contributed by atoms with Gasteiger partial charge in [-0.15, -0.1) is 0 Å². The van der Waals surface area contributed by atoms with Crippen molar-refractivity contribution < 1.29 is 9.26 Å². The Bertz CT molecular complexity index is 526.